The first kappa shape index (κ1) is 78.2. The van der Waals surface area contributed by atoms with E-state index in [-0.39, 0.29) is 25.7 Å². The maximum absolute atomic E-state index is 6.18. The number of nitrogens with zero attached hydrogens (tertiary/aromatic N) is 5. The van der Waals surface area contributed by atoms with E-state index in [9.17, 15) is 0 Å². The van der Waals surface area contributed by atoms with Crippen LogP contribution in [0.1, 0.15) is 35.1 Å². The molecule has 1 aliphatic rings. The molecule has 0 unspecified atom stereocenters. The smallest absolute Gasteiger partial charge is 0.399 e. The van der Waals surface area contributed by atoms with Crippen molar-refractivity contribution in [2.75, 3.05) is 14.7 Å². The SMILES string of the molecule is Brc1cccc(Br)c1-c1ccc2c(c1)c1ccccc1n2-c1ccccc1.C.CC1(C)OB(c2ccc(N(c3ccccc3)c3ccccc3)cc2)OC1(C)C.c1ccc(N(c2ccccc2)c2ccc(-c3cccc(-c4ccc(N(c5ccccc5)c5ccccc5)cc4)c3-c3ccc4c(c3)c3ccccc3n4-c3ccccc3)cc2)cc1. The summed E-state index contributed by atoms with van der Waals surface area (Å²) in [5.41, 5.74) is 26.9. The highest BCUT2D eigenvalue weighted by Crippen LogP contribution is 2.47. The van der Waals surface area contributed by atoms with Crippen molar-refractivity contribution < 1.29 is 9.31 Å². The molecule has 1 aliphatic heterocycles. The third kappa shape index (κ3) is 15.9. The number of benzene rings is 17. The van der Waals surface area contributed by atoms with Gasteiger partial charge in [0.25, 0.3) is 0 Å². The number of hydrogen-bond donors (Lipinski definition) is 0. The number of anilines is 9. The van der Waals surface area contributed by atoms with E-state index in [1.807, 2.05) is 18.2 Å². The van der Waals surface area contributed by atoms with Gasteiger partial charge in [-0.3, -0.25) is 0 Å². The lowest BCUT2D eigenvalue weighted by molar-refractivity contribution is 0.00578. The lowest BCUT2D eigenvalue weighted by Gasteiger charge is -2.32. The second kappa shape index (κ2) is 34.5. The van der Waals surface area contributed by atoms with Crippen LogP contribution in [0.15, 0.2) is 446 Å². The molecule has 119 heavy (non-hydrogen) atoms. The fourth-order valence-electron chi connectivity index (χ4n) is 16.2. The van der Waals surface area contributed by atoms with Crippen molar-refractivity contribution in [3.05, 3.63) is 446 Å². The van der Waals surface area contributed by atoms with Crippen LogP contribution in [-0.2, 0) is 9.31 Å². The molecule has 578 valence electrons. The Balaban J connectivity index is 0.000000149. The van der Waals surface area contributed by atoms with E-state index in [0.29, 0.717) is 0 Å². The molecule has 10 heteroatoms. The van der Waals surface area contributed by atoms with Gasteiger partial charge in [-0.05, 0) is 254 Å². The maximum atomic E-state index is 6.18. The summed E-state index contributed by atoms with van der Waals surface area (Å²) in [6, 6.07) is 155. The average molecular weight is 1670 g/mol. The van der Waals surface area contributed by atoms with Crippen LogP contribution in [0, 0.1) is 0 Å². The van der Waals surface area contributed by atoms with Crippen LogP contribution in [0.2, 0.25) is 0 Å². The Labute approximate surface area is 714 Å². The van der Waals surface area contributed by atoms with Gasteiger partial charge in [-0.2, -0.15) is 0 Å². The number of fused-ring (bicyclic) bond motifs is 6. The Bertz CT molecular complexity index is 6380. The summed E-state index contributed by atoms with van der Waals surface area (Å²) in [5, 5.41) is 4.98. The first-order chi connectivity index (χ1) is 57.9. The summed E-state index contributed by atoms with van der Waals surface area (Å²) in [4.78, 5) is 6.87. The second-order valence-corrected chi connectivity index (χ2v) is 32.2. The molecule has 17 aromatic carbocycles. The zero-order valence-corrected chi connectivity index (χ0v) is 69.1. The van der Waals surface area contributed by atoms with E-state index in [1.165, 1.54) is 82.7 Å². The third-order valence-electron chi connectivity index (χ3n) is 22.6. The molecule has 0 atom stereocenters. The van der Waals surface area contributed by atoms with Crippen LogP contribution in [0.25, 0.3) is 99.5 Å². The van der Waals surface area contributed by atoms with E-state index in [0.717, 1.165) is 82.4 Å². The van der Waals surface area contributed by atoms with Crippen molar-refractivity contribution in [2.24, 2.45) is 0 Å². The molecule has 2 aromatic heterocycles. The van der Waals surface area contributed by atoms with Gasteiger partial charge < -0.3 is 33.1 Å². The fraction of sp³-hybridized carbons (Fsp3) is 0.0642. The van der Waals surface area contributed by atoms with E-state index in [4.69, 9.17) is 9.31 Å². The first-order valence-corrected chi connectivity index (χ1v) is 41.6. The molecule has 20 rings (SSSR count). The topological polar surface area (TPSA) is 38.0 Å². The van der Waals surface area contributed by atoms with Gasteiger partial charge in [-0.15, -0.1) is 0 Å². The highest BCUT2D eigenvalue weighted by molar-refractivity contribution is 9.11. The van der Waals surface area contributed by atoms with Crippen LogP contribution in [0.4, 0.5) is 51.2 Å². The van der Waals surface area contributed by atoms with E-state index in [1.54, 1.807) is 0 Å². The van der Waals surface area contributed by atoms with Gasteiger partial charge in [0, 0.05) is 98.6 Å². The molecule has 0 amide bonds. The summed E-state index contributed by atoms with van der Waals surface area (Å²) in [6.07, 6.45) is 0. The standard InChI is InChI=1S/C60H43N3.C24H26BNO2.C24H15Br2N.CH4/c1-6-19-47(20-7-1)61(48-21-8-2-9-22-48)52-38-33-44(34-39-52)54-30-18-31-55(45-35-40-53(41-36-45)62(49-23-10-3-11-24-49)50-25-12-4-13-26-50)60(54)46-37-42-59-57(43-46)56-29-16-17-32-58(56)63(59)51-27-14-5-15-28-51;1-23(2)24(3,4)28-25(27-23)19-15-17-22(18-16-19)26(20-11-7-5-8-12-20)21-13-9-6-10-14-21;25-20-10-6-11-21(26)24(20)16-13-14-23-19(15-16)18-9-4-5-12-22(18)27(23)17-7-2-1-3-8-17;/h1-43H;5-18H,1-4H3;1-15H;1H4. The average Bonchev–Trinajstić information content (AvgIpc) is 1.52. The largest absolute Gasteiger partial charge is 0.494 e. The van der Waals surface area contributed by atoms with Crippen molar-refractivity contribution in [3.63, 3.8) is 0 Å². The van der Waals surface area contributed by atoms with Crippen molar-refractivity contribution in [2.45, 2.75) is 46.3 Å². The molecule has 0 bridgehead atoms. The minimum Gasteiger partial charge on any atom is -0.399 e. The Morgan fingerprint density at radius 1 is 0.244 bits per heavy atom. The highest BCUT2D eigenvalue weighted by atomic mass is 79.9. The van der Waals surface area contributed by atoms with Crippen LogP contribution >= 0.6 is 31.9 Å². The molecule has 0 saturated carbocycles. The Morgan fingerprint density at radius 3 is 0.840 bits per heavy atom. The second-order valence-electron chi connectivity index (χ2n) is 30.5. The quantitative estimate of drug-likeness (QED) is 0.0902. The predicted octanol–water partition coefficient (Wildman–Crippen LogP) is 30.8. The predicted molar refractivity (Wildman–Crippen MR) is 512 cm³/mol. The zero-order valence-electron chi connectivity index (χ0n) is 66.0. The number of aromatic nitrogens is 2. The normalized spacial score (nSPS) is 12.6. The third-order valence-corrected chi connectivity index (χ3v) is 23.9. The van der Waals surface area contributed by atoms with Gasteiger partial charge in [0.2, 0.25) is 0 Å². The molecule has 19 aromatic rings. The van der Waals surface area contributed by atoms with Crippen LogP contribution in [-0.4, -0.2) is 27.5 Å². The van der Waals surface area contributed by atoms with Crippen molar-refractivity contribution in [3.8, 4) is 55.9 Å². The number of rotatable bonds is 16. The molecular formula is C109H88BBr2N5O2. The van der Waals surface area contributed by atoms with Gasteiger partial charge >= 0.3 is 7.12 Å². The molecule has 0 N–H and O–H groups in total. The Morgan fingerprint density at radius 2 is 0.504 bits per heavy atom. The summed E-state index contributed by atoms with van der Waals surface area (Å²) in [7, 11) is -0.346. The number of hydrogen-bond acceptors (Lipinski definition) is 5. The molecule has 1 saturated heterocycles. The van der Waals surface area contributed by atoms with Crippen LogP contribution in [0.5, 0.6) is 0 Å². The molecule has 7 nitrogen and oxygen atoms in total. The van der Waals surface area contributed by atoms with E-state index < -0.39 is 0 Å². The van der Waals surface area contributed by atoms with Crippen molar-refractivity contribution >= 4 is 139 Å². The minimum absolute atomic E-state index is 0. The molecule has 0 radical (unpaired) electrons. The van der Waals surface area contributed by atoms with Gasteiger partial charge in [0.1, 0.15) is 0 Å². The molecule has 3 heterocycles. The summed E-state index contributed by atoms with van der Waals surface area (Å²) in [6.45, 7) is 8.31. The maximum Gasteiger partial charge on any atom is 0.494 e. The molecular weight excluding hydrogens is 1580 g/mol. The summed E-state index contributed by atoms with van der Waals surface area (Å²) < 4.78 is 19.3. The van der Waals surface area contributed by atoms with E-state index >= 15 is 0 Å². The van der Waals surface area contributed by atoms with Crippen molar-refractivity contribution in [1.29, 1.82) is 0 Å². The van der Waals surface area contributed by atoms with Gasteiger partial charge in [-0.25, -0.2) is 0 Å². The van der Waals surface area contributed by atoms with Crippen LogP contribution in [0.3, 0.4) is 0 Å². The summed E-state index contributed by atoms with van der Waals surface area (Å²) in [5.74, 6) is 0. The lowest BCUT2D eigenvalue weighted by atomic mass is 9.79. The highest BCUT2D eigenvalue weighted by Gasteiger charge is 2.51. The Kier molecular flexibility index (Phi) is 22.7. The van der Waals surface area contributed by atoms with E-state index in [2.05, 4.69) is 502 Å². The van der Waals surface area contributed by atoms with Gasteiger partial charge in [0.15, 0.2) is 0 Å². The zero-order chi connectivity index (χ0) is 80.1. The number of halogens is 2. The Hall–Kier alpha value is -13.3. The van der Waals surface area contributed by atoms with Gasteiger partial charge in [0.05, 0.1) is 33.3 Å². The van der Waals surface area contributed by atoms with Crippen molar-refractivity contribution in [1.82, 2.24) is 9.13 Å². The lowest BCUT2D eigenvalue weighted by Crippen LogP contribution is -2.41. The minimum atomic E-state index is -0.346. The molecule has 1 fully saturated rings. The monoisotopic (exact) mass is 1670 g/mol. The number of para-hydroxylation sites is 10. The van der Waals surface area contributed by atoms with Crippen LogP contribution < -0.4 is 20.2 Å². The summed E-state index contributed by atoms with van der Waals surface area (Å²) >= 11 is 7.41. The molecule has 0 aliphatic carbocycles. The molecule has 0 spiro atoms. The van der Waals surface area contributed by atoms with Gasteiger partial charge in [-0.1, -0.05) is 294 Å². The first-order valence-electron chi connectivity index (χ1n) is 40.0. The fourth-order valence-corrected chi connectivity index (χ4v) is 17.7.